The van der Waals surface area contributed by atoms with Gasteiger partial charge >= 0.3 is 5.97 Å². The summed E-state index contributed by atoms with van der Waals surface area (Å²) in [5, 5.41) is 18.6. The topological polar surface area (TPSA) is 57.5 Å². The van der Waals surface area contributed by atoms with Gasteiger partial charge in [-0.25, -0.2) is 0 Å². The summed E-state index contributed by atoms with van der Waals surface area (Å²) in [5.41, 5.74) is -0.144. The molecule has 14 heavy (non-hydrogen) atoms. The van der Waals surface area contributed by atoms with E-state index < -0.39 is 11.4 Å². The molecule has 0 aromatic heterocycles. The molecule has 4 heteroatoms. The Hall–Kier alpha value is -1.22. The largest absolute Gasteiger partial charge is 0.506 e. The Labute approximate surface area is 85.9 Å². The Morgan fingerprint density at radius 3 is 2.50 bits per heavy atom. The van der Waals surface area contributed by atoms with Gasteiger partial charge in [-0.2, -0.15) is 0 Å². The second kappa shape index (κ2) is 2.89. The van der Waals surface area contributed by atoms with Crippen molar-refractivity contribution in [1.29, 1.82) is 0 Å². The fourth-order valence-electron chi connectivity index (χ4n) is 1.56. The van der Waals surface area contributed by atoms with E-state index >= 15 is 0 Å². The van der Waals surface area contributed by atoms with E-state index in [1.165, 1.54) is 12.1 Å². The van der Waals surface area contributed by atoms with Crippen molar-refractivity contribution >= 4 is 17.6 Å². The fraction of sp³-hybridized carbons (Fsp3) is 0.300. The van der Waals surface area contributed by atoms with Crippen molar-refractivity contribution in [3.8, 4) is 5.75 Å². The van der Waals surface area contributed by atoms with Gasteiger partial charge in [0.1, 0.15) is 5.75 Å². The maximum Gasteiger partial charge on any atom is 0.314 e. The van der Waals surface area contributed by atoms with Crippen LogP contribution in [0.25, 0.3) is 0 Å². The van der Waals surface area contributed by atoms with Crippen LogP contribution in [-0.2, 0) is 10.2 Å². The molecule has 3 nitrogen and oxygen atoms in total. The minimum absolute atomic E-state index is 0.0586. The maximum atomic E-state index is 11.0. The number of benzene rings is 1. The van der Waals surface area contributed by atoms with E-state index in [0.29, 0.717) is 18.4 Å². The first-order valence-electron chi connectivity index (χ1n) is 4.29. The van der Waals surface area contributed by atoms with Crippen molar-refractivity contribution in [1.82, 2.24) is 0 Å². The third-order valence-corrected chi connectivity index (χ3v) is 2.98. The lowest BCUT2D eigenvalue weighted by atomic mass is 9.96. The summed E-state index contributed by atoms with van der Waals surface area (Å²) in [6.45, 7) is 0. The number of phenols is 1. The number of aromatic hydroxyl groups is 1. The second-order valence-electron chi connectivity index (χ2n) is 3.55. The third-order valence-electron chi connectivity index (χ3n) is 2.66. The molecular weight excluding hydrogens is 204 g/mol. The van der Waals surface area contributed by atoms with E-state index in [1.54, 1.807) is 6.07 Å². The molecule has 0 aliphatic heterocycles. The molecule has 0 bridgehead atoms. The molecule has 1 saturated carbocycles. The van der Waals surface area contributed by atoms with Gasteiger partial charge in [0.25, 0.3) is 0 Å². The van der Waals surface area contributed by atoms with Crippen molar-refractivity contribution in [2.75, 3.05) is 0 Å². The van der Waals surface area contributed by atoms with E-state index in [9.17, 15) is 9.90 Å². The molecule has 1 aromatic rings. The molecule has 1 aliphatic carbocycles. The van der Waals surface area contributed by atoms with Crippen LogP contribution in [0.5, 0.6) is 5.75 Å². The fourth-order valence-corrected chi connectivity index (χ4v) is 1.68. The van der Waals surface area contributed by atoms with Crippen molar-refractivity contribution in [2.24, 2.45) is 0 Å². The smallest absolute Gasteiger partial charge is 0.314 e. The lowest BCUT2D eigenvalue weighted by Gasteiger charge is -2.10. The minimum atomic E-state index is -0.834. The van der Waals surface area contributed by atoms with Crippen LogP contribution < -0.4 is 0 Å². The summed E-state index contributed by atoms with van der Waals surface area (Å²) >= 11 is 5.63. The lowest BCUT2D eigenvalue weighted by Crippen LogP contribution is -2.19. The number of hydrogen-bond donors (Lipinski definition) is 2. The number of halogens is 1. The molecular formula is C10H9ClO3. The number of hydrogen-bond acceptors (Lipinski definition) is 2. The van der Waals surface area contributed by atoms with E-state index in [0.717, 1.165) is 0 Å². The second-order valence-corrected chi connectivity index (χ2v) is 3.96. The Morgan fingerprint density at radius 2 is 2.07 bits per heavy atom. The standard InChI is InChI=1S/C10H9ClO3/c11-7-2-1-6(5-8(7)12)10(3-4-10)9(13)14/h1-2,5,12H,3-4H2,(H,13,14). The average Bonchev–Trinajstić information content (AvgIpc) is 2.90. The first-order chi connectivity index (χ1) is 6.56. The molecule has 0 unspecified atom stereocenters. The molecule has 0 saturated heterocycles. The third kappa shape index (κ3) is 1.24. The van der Waals surface area contributed by atoms with Gasteiger partial charge in [0.05, 0.1) is 10.4 Å². The van der Waals surface area contributed by atoms with Crippen LogP contribution >= 0.6 is 11.6 Å². The van der Waals surface area contributed by atoms with Crippen LogP contribution in [0.2, 0.25) is 5.02 Å². The molecule has 0 spiro atoms. The number of carboxylic acids is 1. The van der Waals surface area contributed by atoms with Gasteiger partial charge in [-0.1, -0.05) is 17.7 Å². The summed E-state index contributed by atoms with van der Waals surface area (Å²) in [7, 11) is 0. The van der Waals surface area contributed by atoms with E-state index in [4.69, 9.17) is 16.7 Å². The summed E-state index contributed by atoms with van der Waals surface area (Å²) in [6, 6.07) is 4.61. The van der Waals surface area contributed by atoms with Gasteiger partial charge in [-0.3, -0.25) is 4.79 Å². The highest BCUT2D eigenvalue weighted by Gasteiger charge is 2.51. The molecule has 2 rings (SSSR count). The van der Waals surface area contributed by atoms with Gasteiger partial charge in [0.2, 0.25) is 0 Å². The van der Waals surface area contributed by atoms with Gasteiger partial charge in [-0.05, 0) is 30.5 Å². The first kappa shape index (κ1) is 9.34. The SMILES string of the molecule is O=C(O)C1(c2ccc(Cl)c(O)c2)CC1. The Balaban J connectivity index is 2.43. The van der Waals surface area contributed by atoms with Gasteiger partial charge in [0, 0.05) is 0 Å². The zero-order valence-corrected chi connectivity index (χ0v) is 8.08. The molecule has 1 aliphatic rings. The molecule has 0 radical (unpaired) electrons. The number of carbonyl (C=O) groups is 1. The van der Waals surface area contributed by atoms with Crippen LogP contribution in [0, 0.1) is 0 Å². The number of phenolic OH excluding ortho intramolecular Hbond substituents is 1. The number of rotatable bonds is 2. The quantitative estimate of drug-likeness (QED) is 0.790. The predicted octanol–water partition coefficient (Wildman–Crippen LogP) is 2.16. The van der Waals surface area contributed by atoms with E-state index in [-0.39, 0.29) is 10.8 Å². The van der Waals surface area contributed by atoms with E-state index in [1.807, 2.05) is 0 Å². The summed E-state index contributed by atoms with van der Waals surface area (Å²) in [6.07, 6.45) is 1.26. The Bertz CT molecular complexity index is 396. The lowest BCUT2D eigenvalue weighted by molar-refractivity contribution is -0.140. The predicted molar refractivity (Wildman–Crippen MR) is 51.7 cm³/mol. The highest BCUT2D eigenvalue weighted by molar-refractivity contribution is 6.32. The number of carboxylic acid groups (broad SMARTS) is 1. The summed E-state index contributed by atoms with van der Waals surface area (Å²) in [5.74, 6) is -0.893. The maximum absolute atomic E-state index is 11.0. The van der Waals surface area contributed by atoms with Gasteiger partial charge in [0.15, 0.2) is 0 Å². The van der Waals surface area contributed by atoms with Crippen molar-refractivity contribution in [3.05, 3.63) is 28.8 Å². The average molecular weight is 213 g/mol. The van der Waals surface area contributed by atoms with Crippen LogP contribution in [0.3, 0.4) is 0 Å². The van der Waals surface area contributed by atoms with E-state index in [2.05, 4.69) is 0 Å². The van der Waals surface area contributed by atoms with Crippen LogP contribution in [-0.4, -0.2) is 16.2 Å². The van der Waals surface area contributed by atoms with Crippen LogP contribution in [0.1, 0.15) is 18.4 Å². The summed E-state index contributed by atoms with van der Waals surface area (Å²) in [4.78, 5) is 11.0. The van der Waals surface area contributed by atoms with Gasteiger partial charge < -0.3 is 10.2 Å². The zero-order valence-electron chi connectivity index (χ0n) is 7.33. The van der Waals surface area contributed by atoms with Crippen molar-refractivity contribution < 1.29 is 15.0 Å². The van der Waals surface area contributed by atoms with Crippen LogP contribution in [0.4, 0.5) is 0 Å². The highest BCUT2D eigenvalue weighted by atomic mass is 35.5. The zero-order chi connectivity index (χ0) is 10.3. The molecule has 1 fully saturated rings. The minimum Gasteiger partial charge on any atom is -0.506 e. The molecule has 2 N–H and O–H groups in total. The van der Waals surface area contributed by atoms with Crippen LogP contribution in [0.15, 0.2) is 18.2 Å². The number of aliphatic carboxylic acids is 1. The highest BCUT2D eigenvalue weighted by Crippen LogP contribution is 2.49. The normalized spacial score (nSPS) is 17.8. The Kier molecular flexibility index (Phi) is 1.93. The molecule has 0 atom stereocenters. The molecule has 1 aromatic carbocycles. The van der Waals surface area contributed by atoms with Crippen molar-refractivity contribution in [2.45, 2.75) is 18.3 Å². The molecule has 0 heterocycles. The first-order valence-corrected chi connectivity index (χ1v) is 4.66. The summed E-state index contributed by atoms with van der Waals surface area (Å²) < 4.78 is 0. The monoisotopic (exact) mass is 212 g/mol. The molecule has 0 amide bonds. The van der Waals surface area contributed by atoms with Gasteiger partial charge in [-0.15, -0.1) is 0 Å². The Morgan fingerprint density at radius 1 is 1.43 bits per heavy atom. The molecule has 74 valence electrons. The van der Waals surface area contributed by atoms with Crippen molar-refractivity contribution in [3.63, 3.8) is 0 Å².